The van der Waals surface area contributed by atoms with Crippen LogP contribution in [0, 0.1) is 13.8 Å². The third-order valence-electron chi connectivity index (χ3n) is 4.52. The van der Waals surface area contributed by atoms with Crippen LogP contribution in [-0.4, -0.2) is 26.6 Å². The molecule has 146 valence electrons. The van der Waals surface area contributed by atoms with Crippen molar-refractivity contribution < 1.29 is 9.59 Å². The van der Waals surface area contributed by atoms with E-state index in [0.717, 1.165) is 11.3 Å². The van der Waals surface area contributed by atoms with Crippen LogP contribution >= 0.6 is 0 Å². The fourth-order valence-corrected chi connectivity index (χ4v) is 2.98. The fraction of sp³-hybridized carbons (Fsp3) is 0.333. The van der Waals surface area contributed by atoms with Gasteiger partial charge in [-0.05, 0) is 51.5 Å². The van der Waals surface area contributed by atoms with Gasteiger partial charge in [0.2, 0.25) is 5.91 Å². The molecule has 0 unspecified atom stereocenters. The summed E-state index contributed by atoms with van der Waals surface area (Å²) in [6.45, 7) is 9.61. The minimum atomic E-state index is -0.235. The number of hydrogen-bond acceptors (Lipinski definition) is 4. The second kappa shape index (κ2) is 7.80. The molecule has 0 spiro atoms. The van der Waals surface area contributed by atoms with Gasteiger partial charge in [-0.2, -0.15) is 5.10 Å². The van der Waals surface area contributed by atoms with E-state index in [2.05, 4.69) is 20.7 Å². The SMILES string of the molecule is CCC(=O)Nc1ccc(C)c(NC(=O)c2cc(C)nc3c2cnn3C(C)C)c1. The third kappa shape index (κ3) is 3.88. The first-order chi connectivity index (χ1) is 13.3. The number of benzene rings is 1. The smallest absolute Gasteiger partial charge is 0.256 e. The quantitative estimate of drug-likeness (QED) is 0.694. The van der Waals surface area contributed by atoms with E-state index in [-0.39, 0.29) is 17.9 Å². The van der Waals surface area contributed by atoms with Crippen LogP contribution in [0.1, 0.15) is 54.8 Å². The van der Waals surface area contributed by atoms with E-state index in [0.29, 0.717) is 34.4 Å². The van der Waals surface area contributed by atoms with Crippen LogP contribution in [0.4, 0.5) is 11.4 Å². The number of fused-ring (bicyclic) bond motifs is 1. The van der Waals surface area contributed by atoms with Crippen molar-refractivity contribution in [1.82, 2.24) is 14.8 Å². The Hall–Kier alpha value is -3.22. The maximum Gasteiger partial charge on any atom is 0.256 e. The third-order valence-corrected chi connectivity index (χ3v) is 4.52. The van der Waals surface area contributed by atoms with Gasteiger partial charge in [-0.3, -0.25) is 9.59 Å². The molecule has 2 aromatic heterocycles. The van der Waals surface area contributed by atoms with Crippen molar-refractivity contribution in [2.24, 2.45) is 0 Å². The molecule has 0 atom stereocenters. The number of aryl methyl sites for hydroxylation is 2. The zero-order valence-corrected chi connectivity index (χ0v) is 16.8. The van der Waals surface area contributed by atoms with E-state index in [1.54, 1.807) is 25.3 Å². The largest absolute Gasteiger partial charge is 0.326 e. The number of anilines is 2. The number of pyridine rings is 1. The number of amides is 2. The number of rotatable bonds is 5. The van der Waals surface area contributed by atoms with Gasteiger partial charge in [-0.1, -0.05) is 13.0 Å². The molecule has 0 aliphatic rings. The first kappa shape index (κ1) is 19.5. The Labute approximate surface area is 164 Å². The molecule has 1 aromatic carbocycles. The topological polar surface area (TPSA) is 88.9 Å². The molecule has 0 saturated heterocycles. The van der Waals surface area contributed by atoms with Crippen molar-refractivity contribution in [3.8, 4) is 0 Å². The monoisotopic (exact) mass is 379 g/mol. The Morgan fingerprint density at radius 3 is 2.57 bits per heavy atom. The molecule has 3 aromatic rings. The zero-order chi connectivity index (χ0) is 20.4. The van der Waals surface area contributed by atoms with Crippen molar-refractivity contribution in [2.75, 3.05) is 10.6 Å². The molecular weight excluding hydrogens is 354 g/mol. The highest BCUT2D eigenvalue weighted by atomic mass is 16.2. The van der Waals surface area contributed by atoms with Crippen molar-refractivity contribution in [1.29, 1.82) is 0 Å². The van der Waals surface area contributed by atoms with Gasteiger partial charge in [0.25, 0.3) is 5.91 Å². The molecule has 28 heavy (non-hydrogen) atoms. The Balaban J connectivity index is 1.96. The molecule has 0 bridgehead atoms. The Kier molecular flexibility index (Phi) is 5.44. The van der Waals surface area contributed by atoms with Crippen molar-refractivity contribution >= 4 is 34.2 Å². The normalized spacial score (nSPS) is 11.1. The second-order valence-corrected chi connectivity index (χ2v) is 7.12. The molecule has 0 aliphatic carbocycles. The van der Waals surface area contributed by atoms with Gasteiger partial charge in [0.05, 0.1) is 17.1 Å². The molecular formula is C21H25N5O2. The van der Waals surface area contributed by atoms with Crippen LogP contribution in [-0.2, 0) is 4.79 Å². The summed E-state index contributed by atoms with van der Waals surface area (Å²) in [7, 11) is 0. The molecule has 0 fully saturated rings. The zero-order valence-electron chi connectivity index (χ0n) is 16.8. The highest BCUT2D eigenvalue weighted by Crippen LogP contribution is 2.24. The summed E-state index contributed by atoms with van der Waals surface area (Å²) < 4.78 is 1.81. The lowest BCUT2D eigenvalue weighted by molar-refractivity contribution is -0.115. The minimum absolute atomic E-state index is 0.0753. The summed E-state index contributed by atoms with van der Waals surface area (Å²) in [4.78, 5) is 29.2. The average Bonchev–Trinajstić information content (AvgIpc) is 3.07. The second-order valence-electron chi connectivity index (χ2n) is 7.12. The molecule has 2 amide bonds. The van der Waals surface area contributed by atoms with Gasteiger partial charge >= 0.3 is 0 Å². The number of carbonyl (C=O) groups is 2. The summed E-state index contributed by atoms with van der Waals surface area (Å²) in [6.07, 6.45) is 2.07. The standard InChI is InChI=1S/C21H25N5O2/c1-6-19(27)24-15-8-7-13(4)18(10-15)25-21(28)16-9-14(5)23-20-17(16)11-22-26(20)12(2)3/h7-12H,6H2,1-5H3,(H,24,27)(H,25,28). The Bertz CT molecular complexity index is 1050. The van der Waals surface area contributed by atoms with Crippen LogP contribution < -0.4 is 10.6 Å². The number of nitrogens with one attached hydrogen (secondary N) is 2. The number of aromatic nitrogens is 3. The van der Waals surface area contributed by atoms with Gasteiger partial charge in [-0.15, -0.1) is 0 Å². The van der Waals surface area contributed by atoms with Crippen LogP contribution in [0.5, 0.6) is 0 Å². The predicted octanol–water partition coefficient (Wildman–Crippen LogP) is 4.23. The number of carbonyl (C=O) groups excluding carboxylic acids is 2. The van der Waals surface area contributed by atoms with E-state index < -0.39 is 0 Å². The lowest BCUT2D eigenvalue weighted by atomic mass is 10.1. The molecule has 3 rings (SSSR count). The van der Waals surface area contributed by atoms with E-state index in [1.807, 2.05) is 44.5 Å². The van der Waals surface area contributed by atoms with Gasteiger partial charge in [0, 0.05) is 29.5 Å². The molecule has 7 nitrogen and oxygen atoms in total. The van der Waals surface area contributed by atoms with Gasteiger partial charge in [-0.25, -0.2) is 9.67 Å². The molecule has 0 saturated carbocycles. The van der Waals surface area contributed by atoms with Crippen molar-refractivity contribution in [3.63, 3.8) is 0 Å². The van der Waals surface area contributed by atoms with E-state index in [9.17, 15) is 9.59 Å². The average molecular weight is 379 g/mol. The maximum absolute atomic E-state index is 13.0. The van der Waals surface area contributed by atoms with Crippen LogP contribution in [0.25, 0.3) is 11.0 Å². The van der Waals surface area contributed by atoms with Gasteiger partial charge in [0.1, 0.15) is 0 Å². The first-order valence-electron chi connectivity index (χ1n) is 9.36. The molecule has 7 heteroatoms. The lowest BCUT2D eigenvalue weighted by Crippen LogP contribution is -2.15. The summed E-state index contributed by atoms with van der Waals surface area (Å²) in [5, 5.41) is 10.9. The first-order valence-corrected chi connectivity index (χ1v) is 9.36. The molecule has 2 heterocycles. The van der Waals surface area contributed by atoms with Gasteiger partial charge in [0.15, 0.2) is 5.65 Å². The van der Waals surface area contributed by atoms with E-state index >= 15 is 0 Å². The highest BCUT2D eigenvalue weighted by molar-refractivity contribution is 6.12. The highest BCUT2D eigenvalue weighted by Gasteiger charge is 2.17. The number of hydrogen-bond donors (Lipinski definition) is 2. The van der Waals surface area contributed by atoms with Crippen molar-refractivity contribution in [2.45, 2.75) is 47.1 Å². The molecule has 2 N–H and O–H groups in total. The van der Waals surface area contributed by atoms with E-state index in [1.165, 1.54) is 0 Å². The Morgan fingerprint density at radius 1 is 1.14 bits per heavy atom. The molecule has 0 radical (unpaired) electrons. The van der Waals surface area contributed by atoms with Crippen LogP contribution in [0.3, 0.4) is 0 Å². The number of nitrogens with zero attached hydrogens (tertiary/aromatic N) is 3. The van der Waals surface area contributed by atoms with E-state index in [4.69, 9.17) is 0 Å². The van der Waals surface area contributed by atoms with Crippen LogP contribution in [0.15, 0.2) is 30.5 Å². The Morgan fingerprint density at radius 2 is 1.89 bits per heavy atom. The summed E-state index contributed by atoms with van der Waals surface area (Å²) in [5.74, 6) is -0.311. The fourth-order valence-electron chi connectivity index (χ4n) is 2.98. The lowest BCUT2D eigenvalue weighted by Gasteiger charge is -2.13. The summed E-state index contributed by atoms with van der Waals surface area (Å²) in [5.41, 5.74) is 4.18. The predicted molar refractivity (Wildman–Crippen MR) is 111 cm³/mol. The van der Waals surface area contributed by atoms with Crippen LogP contribution in [0.2, 0.25) is 0 Å². The minimum Gasteiger partial charge on any atom is -0.326 e. The van der Waals surface area contributed by atoms with Crippen molar-refractivity contribution in [3.05, 3.63) is 47.3 Å². The maximum atomic E-state index is 13.0. The summed E-state index contributed by atoms with van der Waals surface area (Å²) >= 11 is 0. The summed E-state index contributed by atoms with van der Waals surface area (Å²) in [6, 6.07) is 7.36. The molecule has 0 aliphatic heterocycles. The van der Waals surface area contributed by atoms with Gasteiger partial charge < -0.3 is 10.6 Å².